The highest BCUT2D eigenvalue weighted by molar-refractivity contribution is 6.30. The average molecular weight is 348 g/mol. The number of hydrogen-bond acceptors (Lipinski definition) is 5. The number of hydrogen-bond donors (Lipinski definition) is 2. The summed E-state index contributed by atoms with van der Waals surface area (Å²) in [6.45, 7) is 0.197. The lowest BCUT2D eigenvalue weighted by Gasteiger charge is -2.08. The third kappa shape index (κ3) is 3.36. The minimum absolute atomic E-state index is 0.0273. The van der Waals surface area contributed by atoms with Crippen LogP contribution in [-0.4, -0.2) is 21.2 Å². The van der Waals surface area contributed by atoms with Gasteiger partial charge < -0.3 is 14.9 Å². The number of aromatic nitrogens is 2. The first-order valence-electron chi connectivity index (χ1n) is 6.86. The van der Waals surface area contributed by atoms with E-state index in [1.807, 2.05) is 0 Å². The van der Waals surface area contributed by atoms with Crippen LogP contribution in [0.2, 0.25) is 5.02 Å². The molecule has 2 aromatic carbocycles. The minimum atomic E-state index is -0.804. The first-order chi connectivity index (χ1) is 11.5. The third-order valence-corrected chi connectivity index (χ3v) is 3.55. The van der Waals surface area contributed by atoms with Crippen LogP contribution in [0.3, 0.4) is 0 Å². The molecule has 0 bridgehead atoms. The fraction of sp³-hybridized carbons (Fsp3) is 0.0625. The maximum Gasteiger partial charge on any atom is 0.254 e. The predicted molar refractivity (Wildman–Crippen MR) is 84.0 cm³/mol. The van der Waals surface area contributed by atoms with Crippen LogP contribution >= 0.6 is 11.6 Å². The largest absolute Gasteiger partial charge is 0.507 e. The Kier molecular flexibility index (Phi) is 4.43. The molecule has 3 rings (SSSR count). The molecule has 1 aromatic heterocycles. The number of phenolic OH excluding ortho intramolecular Hbond substituents is 1. The summed E-state index contributed by atoms with van der Waals surface area (Å²) in [7, 11) is 0. The number of aromatic hydroxyl groups is 1. The summed E-state index contributed by atoms with van der Waals surface area (Å²) in [6.07, 6.45) is 1.05. The van der Waals surface area contributed by atoms with Gasteiger partial charge in [-0.05, 0) is 29.8 Å². The number of carbonyl (C=O) groups is 1. The summed E-state index contributed by atoms with van der Waals surface area (Å²) in [5.74, 6) is -1.76. The zero-order valence-corrected chi connectivity index (χ0v) is 12.9. The molecule has 0 unspecified atom stereocenters. The fourth-order valence-corrected chi connectivity index (χ4v) is 2.21. The van der Waals surface area contributed by atoms with Crippen molar-refractivity contribution in [1.29, 1.82) is 0 Å². The molecule has 2 N–H and O–H groups in total. The fourth-order valence-electron chi connectivity index (χ4n) is 2.08. The van der Waals surface area contributed by atoms with Crippen LogP contribution in [-0.2, 0) is 6.54 Å². The second-order valence-electron chi connectivity index (χ2n) is 4.91. The van der Waals surface area contributed by atoms with Crippen LogP contribution in [0.15, 0.2) is 47.3 Å². The van der Waals surface area contributed by atoms with Gasteiger partial charge >= 0.3 is 0 Å². The van der Waals surface area contributed by atoms with E-state index in [9.17, 15) is 14.3 Å². The molecule has 1 amide bonds. The monoisotopic (exact) mass is 347 g/mol. The van der Waals surface area contributed by atoms with Crippen molar-refractivity contribution in [1.82, 2.24) is 15.5 Å². The molecule has 8 heteroatoms. The number of halogens is 2. The van der Waals surface area contributed by atoms with Crippen molar-refractivity contribution in [3.8, 4) is 17.1 Å². The SMILES string of the molecule is O=C(NCc1ccc(Cl)cc1)c1cc(O)c(-c2ncon2)cc1F. The molecule has 0 fully saturated rings. The van der Waals surface area contributed by atoms with E-state index in [1.165, 1.54) is 0 Å². The number of amides is 1. The van der Waals surface area contributed by atoms with Crippen LogP contribution < -0.4 is 5.32 Å². The van der Waals surface area contributed by atoms with Gasteiger partial charge in [0.05, 0.1) is 11.1 Å². The van der Waals surface area contributed by atoms with Gasteiger partial charge in [-0.2, -0.15) is 4.98 Å². The highest BCUT2D eigenvalue weighted by Crippen LogP contribution is 2.29. The summed E-state index contributed by atoms with van der Waals surface area (Å²) in [4.78, 5) is 15.8. The molecular weight excluding hydrogens is 337 g/mol. The maximum atomic E-state index is 14.2. The first-order valence-corrected chi connectivity index (χ1v) is 7.24. The van der Waals surface area contributed by atoms with Gasteiger partial charge in [-0.15, -0.1) is 0 Å². The molecule has 122 valence electrons. The number of carbonyl (C=O) groups excluding carboxylic acids is 1. The number of benzene rings is 2. The van der Waals surface area contributed by atoms with Gasteiger partial charge in [-0.3, -0.25) is 4.79 Å². The molecule has 0 aliphatic carbocycles. The molecular formula is C16H11ClFN3O3. The van der Waals surface area contributed by atoms with E-state index >= 15 is 0 Å². The molecule has 1 heterocycles. The summed E-state index contributed by atoms with van der Waals surface area (Å²) >= 11 is 5.78. The van der Waals surface area contributed by atoms with Crippen molar-refractivity contribution < 1.29 is 18.8 Å². The second-order valence-corrected chi connectivity index (χ2v) is 5.35. The molecule has 0 atom stereocenters. The lowest BCUT2D eigenvalue weighted by atomic mass is 10.1. The van der Waals surface area contributed by atoms with E-state index in [1.54, 1.807) is 24.3 Å². The number of rotatable bonds is 4. The quantitative estimate of drug-likeness (QED) is 0.756. The number of phenols is 1. The molecule has 0 saturated heterocycles. The molecule has 24 heavy (non-hydrogen) atoms. The first kappa shape index (κ1) is 15.9. The lowest BCUT2D eigenvalue weighted by Crippen LogP contribution is -2.23. The molecule has 0 saturated carbocycles. The second kappa shape index (κ2) is 6.67. The minimum Gasteiger partial charge on any atom is -0.507 e. The Balaban J connectivity index is 1.77. The zero-order valence-electron chi connectivity index (χ0n) is 12.2. The van der Waals surface area contributed by atoms with Gasteiger partial charge in [-0.1, -0.05) is 28.9 Å². The topological polar surface area (TPSA) is 88.2 Å². The van der Waals surface area contributed by atoms with Gasteiger partial charge in [0.15, 0.2) is 0 Å². The van der Waals surface area contributed by atoms with E-state index in [0.717, 1.165) is 24.1 Å². The smallest absolute Gasteiger partial charge is 0.254 e. The van der Waals surface area contributed by atoms with Crippen molar-refractivity contribution in [3.05, 3.63) is 64.8 Å². The number of nitrogens with zero attached hydrogens (tertiary/aromatic N) is 2. The van der Waals surface area contributed by atoms with E-state index in [2.05, 4.69) is 20.0 Å². The Morgan fingerprint density at radius 3 is 2.71 bits per heavy atom. The van der Waals surface area contributed by atoms with Gasteiger partial charge in [-0.25, -0.2) is 4.39 Å². The van der Waals surface area contributed by atoms with Gasteiger partial charge in [0, 0.05) is 11.6 Å². The van der Waals surface area contributed by atoms with Crippen LogP contribution in [0.1, 0.15) is 15.9 Å². The van der Waals surface area contributed by atoms with E-state index in [-0.39, 0.29) is 29.2 Å². The lowest BCUT2D eigenvalue weighted by molar-refractivity contribution is 0.0946. The van der Waals surface area contributed by atoms with Crippen LogP contribution in [0.25, 0.3) is 11.4 Å². The van der Waals surface area contributed by atoms with Gasteiger partial charge in [0.1, 0.15) is 11.6 Å². The normalized spacial score (nSPS) is 10.6. The molecule has 0 radical (unpaired) electrons. The molecule has 0 aliphatic heterocycles. The Morgan fingerprint density at radius 1 is 1.29 bits per heavy atom. The maximum absolute atomic E-state index is 14.2. The van der Waals surface area contributed by atoms with Crippen molar-refractivity contribution in [3.63, 3.8) is 0 Å². The Labute approximate surface area is 140 Å². The van der Waals surface area contributed by atoms with E-state index in [0.29, 0.717) is 5.02 Å². The van der Waals surface area contributed by atoms with Gasteiger partial charge in [0.25, 0.3) is 5.91 Å². The van der Waals surface area contributed by atoms with Crippen LogP contribution in [0.4, 0.5) is 4.39 Å². The molecule has 0 spiro atoms. The highest BCUT2D eigenvalue weighted by atomic mass is 35.5. The molecule has 3 aromatic rings. The standard InChI is InChI=1S/C16H11ClFN3O3/c17-10-3-1-9(2-4-10)7-19-16(23)11-6-14(22)12(5-13(11)18)15-20-8-24-21-15/h1-6,8,22H,7H2,(H,19,23). The van der Waals surface area contributed by atoms with E-state index < -0.39 is 11.7 Å². The van der Waals surface area contributed by atoms with Crippen LogP contribution in [0, 0.1) is 5.82 Å². The Morgan fingerprint density at radius 2 is 2.04 bits per heavy atom. The summed E-state index contributed by atoms with van der Waals surface area (Å²) < 4.78 is 18.7. The number of nitrogens with one attached hydrogen (secondary N) is 1. The third-order valence-electron chi connectivity index (χ3n) is 3.30. The molecule has 6 nitrogen and oxygen atoms in total. The van der Waals surface area contributed by atoms with Crippen molar-refractivity contribution >= 4 is 17.5 Å². The predicted octanol–water partition coefficient (Wildman–Crippen LogP) is 3.16. The highest BCUT2D eigenvalue weighted by Gasteiger charge is 2.18. The molecule has 0 aliphatic rings. The zero-order chi connectivity index (χ0) is 17.1. The van der Waals surface area contributed by atoms with Crippen molar-refractivity contribution in [2.45, 2.75) is 6.54 Å². The van der Waals surface area contributed by atoms with Crippen LogP contribution in [0.5, 0.6) is 5.75 Å². The average Bonchev–Trinajstić information content (AvgIpc) is 3.10. The summed E-state index contributed by atoms with van der Waals surface area (Å²) in [5, 5.41) is 16.6. The Bertz CT molecular complexity index is 867. The van der Waals surface area contributed by atoms with Crippen molar-refractivity contribution in [2.24, 2.45) is 0 Å². The van der Waals surface area contributed by atoms with Crippen molar-refractivity contribution in [2.75, 3.05) is 0 Å². The summed E-state index contributed by atoms with van der Waals surface area (Å²) in [5.41, 5.74) is 0.560. The van der Waals surface area contributed by atoms with E-state index in [4.69, 9.17) is 11.6 Å². The Hall–Kier alpha value is -2.93. The van der Waals surface area contributed by atoms with Gasteiger partial charge in [0.2, 0.25) is 12.2 Å². The summed E-state index contributed by atoms with van der Waals surface area (Å²) in [6, 6.07) is 8.88.